The number of benzene rings is 2. The molecule has 0 radical (unpaired) electrons. The molecule has 2 aromatic rings. The molecule has 0 bridgehead atoms. The maximum absolute atomic E-state index is 14.7. The van der Waals surface area contributed by atoms with E-state index in [-0.39, 0.29) is 35.7 Å². The molecule has 2 aromatic carbocycles. The molecule has 0 aliphatic carbocycles. The van der Waals surface area contributed by atoms with E-state index in [1.54, 1.807) is 30.3 Å². The van der Waals surface area contributed by atoms with Crippen LogP contribution in [0.25, 0.3) is 0 Å². The summed E-state index contributed by atoms with van der Waals surface area (Å²) in [6.45, 7) is 7.33. The quantitative estimate of drug-likeness (QED) is 0.705. The molecule has 5 nitrogen and oxygen atoms in total. The summed E-state index contributed by atoms with van der Waals surface area (Å²) in [6, 6.07) is 10.4. The molecule has 2 amide bonds. The minimum Gasteiger partial charge on any atom is -0.352 e. The van der Waals surface area contributed by atoms with Crippen LogP contribution in [-0.2, 0) is 24.3 Å². The van der Waals surface area contributed by atoms with Crippen molar-refractivity contribution in [1.29, 1.82) is 0 Å². The number of halogens is 2. The van der Waals surface area contributed by atoms with Crippen LogP contribution in [0.5, 0.6) is 0 Å². The van der Waals surface area contributed by atoms with Gasteiger partial charge in [0.05, 0.1) is 5.69 Å². The van der Waals surface area contributed by atoms with Crippen LogP contribution in [0.3, 0.4) is 0 Å². The Hall–Kier alpha value is -2.44. The number of carbonyl (C=O) groups is 2. The lowest BCUT2D eigenvalue weighted by molar-refractivity contribution is -0.128. The monoisotopic (exact) mass is 419 g/mol. The van der Waals surface area contributed by atoms with Crippen LogP contribution in [0, 0.1) is 11.2 Å². The average molecular weight is 420 g/mol. The van der Waals surface area contributed by atoms with Gasteiger partial charge in [-0.2, -0.15) is 0 Å². The van der Waals surface area contributed by atoms with Gasteiger partial charge in [-0.05, 0) is 47.9 Å². The van der Waals surface area contributed by atoms with Crippen molar-refractivity contribution >= 4 is 29.9 Å². The summed E-state index contributed by atoms with van der Waals surface area (Å²) in [5.41, 5.74) is 2.68. The van der Waals surface area contributed by atoms with E-state index in [9.17, 15) is 14.0 Å². The molecule has 0 fully saturated rings. The van der Waals surface area contributed by atoms with E-state index < -0.39 is 5.41 Å². The van der Waals surface area contributed by atoms with Crippen LogP contribution in [0.4, 0.5) is 10.1 Å². The second kappa shape index (κ2) is 9.37. The second-order valence-electron chi connectivity index (χ2n) is 8.08. The van der Waals surface area contributed by atoms with Gasteiger partial charge in [0.1, 0.15) is 5.82 Å². The van der Waals surface area contributed by atoms with Gasteiger partial charge in [0.25, 0.3) is 5.91 Å². The summed E-state index contributed by atoms with van der Waals surface area (Å²) in [5.74, 6) is -0.751. The molecule has 29 heavy (non-hydrogen) atoms. The van der Waals surface area contributed by atoms with Crippen LogP contribution in [-0.4, -0.2) is 18.4 Å². The third kappa shape index (κ3) is 5.55. The minimum absolute atomic E-state index is 0. The van der Waals surface area contributed by atoms with Gasteiger partial charge < -0.3 is 16.0 Å². The van der Waals surface area contributed by atoms with Gasteiger partial charge >= 0.3 is 0 Å². The number of hydrogen-bond acceptors (Lipinski definition) is 3. The van der Waals surface area contributed by atoms with Crippen molar-refractivity contribution in [1.82, 2.24) is 10.6 Å². The van der Waals surface area contributed by atoms with E-state index in [0.717, 1.165) is 17.7 Å². The molecule has 0 saturated heterocycles. The minimum atomic E-state index is -0.450. The Balaban J connectivity index is 0.00000300. The zero-order valence-electron chi connectivity index (χ0n) is 16.9. The Morgan fingerprint density at radius 3 is 2.45 bits per heavy atom. The first kappa shape index (κ1) is 22.8. The van der Waals surface area contributed by atoms with Crippen molar-refractivity contribution in [2.24, 2.45) is 5.41 Å². The topological polar surface area (TPSA) is 70.2 Å². The molecule has 1 heterocycles. The molecule has 0 aromatic heterocycles. The van der Waals surface area contributed by atoms with Crippen LogP contribution >= 0.6 is 12.4 Å². The Morgan fingerprint density at radius 2 is 1.79 bits per heavy atom. The fraction of sp³-hybridized carbons (Fsp3) is 0.364. The number of fused-ring (bicyclic) bond motifs is 1. The van der Waals surface area contributed by atoms with E-state index in [1.807, 2.05) is 26.8 Å². The summed E-state index contributed by atoms with van der Waals surface area (Å²) in [6.07, 6.45) is 0.611. The highest BCUT2D eigenvalue weighted by atomic mass is 35.5. The fourth-order valence-corrected chi connectivity index (χ4v) is 3.05. The van der Waals surface area contributed by atoms with Crippen molar-refractivity contribution in [3.05, 3.63) is 64.5 Å². The van der Waals surface area contributed by atoms with Crippen molar-refractivity contribution in [2.45, 2.75) is 40.3 Å². The fourth-order valence-electron chi connectivity index (χ4n) is 3.05. The number of hydrogen-bond donors (Lipinski definition) is 3. The van der Waals surface area contributed by atoms with Crippen LogP contribution in [0.2, 0.25) is 0 Å². The highest BCUT2D eigenvalue weighted by molar-refractivity contribution is 6.04. The van der Waals surface area contributed by atoms with Gasteiger partial charge in [0.15, 0.2) is 0 Å². The molecule has 0 saturated carbocycles. The van der Waals surface area contributed by atoms with Gasteiger partial charge in [-0.15, -0.1) is 12.4 Å². The molecule has 1 aliphatic rings. The van der Waals surface area contributed by atoms with Crippen molar-refractivity contribution < 1.29 is 14.0 Å². The second-order valence-corrected chi connectivity index (χ2v) is 8.08. The first-order chi connectivity index (χ1) is 13.3. The molecule has 156 valence electrons. The van der Waals surface area contributed by atoms with E-state index >= 15 is 0 Å². The lowest BCUT2D eigenvalue weighted by atomic mass is 9.95. The van der Waals surface area contributed by atoms with E-state index in [0.29, 0.717) is 30.6 Å². The number of amides is 2. The first-order valence-corrected chi connectivity index (χ1v) is 9.45. The smallest absolute Gasteiger partial charge is 0.255 e. The highest BCUT2D eigenvalue weighted by Crippen LogP contribution is 2.25. The number of nitrogens with one attached hydrogen (secondary N) is 3. The van der Waals surface area contributed by atoms with Crippen LogP contribution in [0.1, 0.15) is 47.8 Å². The maximum atomic E-state index is 14.7. The highest BCUT2D eigenvalue weighted by Gasteiger charge is 2.21. The Labute approximate surface area is 176 Å². The summed E-state index contributed by atoms with van der Waals surface area (Å²) < 4.78 is 14.7. The van der Waals surface area contributed by atoms with E-state index in [1.165, 1.54) is 0 Å². The Kier molecular flexibility index (Phi) is 7.38. The number of anilines is 1. The molecule has 7 heteroatoms. The standard InChI is InChI=1S/C22H26FN3O2.ClH/c1-22(2,3)21(28)25-12-14-4-6-15(7-5-14)20(27)26-18-9-8-16-13-24-11-10-17(16)19(18)23;/h4-9,24H,10-13H2,1-3H3,(H,25,28)(H,26,27);1H. The molecular weight excluding hydrogens is 393 g/mol. The SMILES string of the molecule is CC(C)(C)C(=O)NCc1ccc(C(=O)Nc2ccc3c(c2F)CCNC3)cc1.Cl. The van der Waals surface area contributed by atoms with Crippen molar-refractivity contribution in [3.63, 3.8) is 0 Å². The predicted octanol–water partition coefficient (Wildman–Crippen LogP) is 3.81. The molecular formula is C22H27ClFN3O2. The van der Waals surface area contributed by atoms with Crippen molar-refractivity contribution in [2.75, 3.05) is 11.9 Å². The number of carbonyl (C=O) groups excluding carboxylic acids is 2. The summed E-state index contributed by atoms with van der Waals surface area (Å²) in [7, 11) is 0. The molecule has 0 unspecified atom stereocenters. The van der Waals surface area contributed by atoms with Crippen LogP contribution in [0.15, 0.2) is 36.4 Å². The zero-order chi connectivity index (χ0) is 20.3. The largest absolute Gasteiger partial charge is 0.352 e. The Bertz CT molecular complexity index is 892. The van der Waals surface area contributed by atoms with Gasteiger partial charge in [-0.25, -0.2) is 4.39 Å². The zero-order valence-corrected chi connectivity index (χ0v) is 17.7. The van der Waals surface area contributed by atoms with Gasteiger partial charge in [0.2, 0.25) is 5.91 Å². The first-order valence-electron chi connectivity index (χ1n) is 9.45. The van der Waals surface area contributed by atoms with Crippen molar-refractivity contribution in [3.8, 4) is 0 Å². The summed E-state index contributed by atoms with van der Waals surface area (Å²) in [4.78, 5) is 24.4. The molecule has 1 aliphatic heterocycles. The van der Waals surface area contributed by atoms with Gasteiger partial charge in [0, 0.05) is 24.1 Å². The Morgan fingerprint density at radius 1 is 1.10 bits per heavy atom. The normalized spacial score (nSPS) is 13.1. The van der Waals surface area contributed by atoms with Crippen LogP contribution < -0.4 is 16.0 Å². The lowest BCUT2D eigenvalue weighted by Gasteiger charge is -2.19. The molecule has 3 N–H and O–H groups in total. The number of rotatable bonds is 4. The predicted molar refractivity (Wildman–Crippen MR) is 115 cm³/mol. The molecule has 3 rings (SSSR count). The van der Waals surface area contributed by atoms with Gasteiger partial charge in [-0.1, -0.05) is 39.0 Å². The van der Waals surface area contributed by atoms with Gasteiger partial charge in [-0.3, -0.25) is 9.59 Å². The third-order valence-corrected chi connectivity index (χ3v) is 4.81. The van der Waals surface area contributed by atoms with E-state index in [4.69, 9.17) is 0 Å². The summed E-state index contributed by atoms with van der Waals surface area (Å²) >= 11 is 0. The lowest BCUT2D eigenvalue weighted by Crippen LogP contribution is -2.34. The van der Waals surface area contributed by atoms with E-state index in [2.05, 4.69) is 16.0 Å². The average Bonchev–Trinajstić information content (AvgIpc) is 2.68. The molecule has 0 spiro atoms. The third-order valence-electron chi connectivity index (χ3n) is 4.81. The molecule has 0 atom stereocenters. The summed E-state index contributed by atoms with van der Waals surface area (Å²) in [5, 5.41) is 8.74. The maximum Gasteiger partial charge on any atom is 0.255 e.